The molecular formula is C12H15NO. The zero-order valence-corrected chi connectivity index (χ0v) is 8.36. The Balaban J connectivity index is 2.94. The van der Waals surface area contributed by atoms with E-state index in [1.807, 2.05) is 30.3 Å². The van der Waals surface area contributed by atoms with E-state index < -0.39 is 0 Å². The summed E-state index contributed by atoms with van der Waals surface area (Å²) in [4.78, 5) is 10.8. The number of benzene rings is 1. The largest absolute Gasteiger partial charge is 0.366 e. The minimum atomic E-state index is -0.377. The van der Waals surface area contributed by atoms with Gasteiger partial charge in [-0.2, -0.15) is 0 Å². The van der Waals surface area contributed by atoms with E-state index in [2.05, 4.69) is 6.92 Å². The SMILES string of the molecule is CCC/C(=C/C(N)=O)c1ccccc1. The molecule has 0 fully saturated rings. The van der Waals surface area contributed by atoms with Crippen molar-refractivity contribution in [2.24, 2.45) is 5.73 Å². The highest BCUT2D eigenvalue weighted by Gasteiger charge is 2.00. The van der Waals surface area contributed by atoms with Crippen molar-refractivity contribution < 1.29 is 4.79 Å². The number of hydrogen-bond donors (Lipinski definition) is 1. The maximum atomic E-state index is 10.8. The predicted octanol–water partition coefficient (Wildman–Crippen LogP) is 2.36. The van der Waals surface area contributed by atoms with Crippen molar-refractivity contribution in [3.05, 3.63) is 42.0 Å². The van der Waals surface area contributed by atoms with E-state index in [1.54, 1.807) is 0 Å². The van der Waals surface area contributed by atoms with Crippen LogP contribution >= 0.6 is 0 Å². The summed E-state index contributed by atoms with van der Waals surface area (Å²) in [6.07, 6.45) is 3.40. The molecule has 0 saturated heterocycles. The van der Waals surface area contributed by atoms with Gasteiger partial charge >= 0.3 is 0 Å². The normalized spacial score (nSPS) is 11.4. The van der Waals surface area contributed by atoms with Crippen LogP contribution in [0.2, 0.25) is 0 Å². The van der Waals surface area contributed by atoms with Crippen LogP contribution in [0.15, 0.2) is 36.4 Å². The van der Waals surface area contributed by atoms with Crippen molar-refractivity contribution in [3.63, 3.8) is 0 Å². The Morgan fingerprint density at radius 2 is 2.00 bits per heavy atom. The molecule has 0 atom stereocenters. The molecular weight excluding hydrogens is 174 g/mol. The van der Waals surface area contributed by atoms with Crippen molar-refractivity contribution >= 4 is 11.5 Å². The summed E-state index contributed by atoms with van der Waals surface area (Å²) in [5.41, 5.74) is 7.24. The summed E-state index contributed by atoms with van der Waals surface area (Å²) in [5, 5.41) is 0. The summed E-state index contributed by atoms with van der Waals surface area (Å²) in [6, 6.07) is 9.85. The van der Waals surface area contributed by atoms with Crippen LogP contribution in [0.1, 0.15) is 25.3 Å². The average molecular weight is 189 g/mol. The highest BCUT2D eigenvalue weighted by molar-refractivity contribution is 5.94. The van der Waals surface area contributed by atoms with Gasteiger partial charge in [0.05, 0.1) is 0 Å². The number of carbonyl (C=O) groups excluding carboxylic acids is 1. The highest BCUT2D eigenvalue weighted by Crippen LogP contribution is 2.18. The molecule has 0 radical (unpaired) electrons. The first-order chi connectivity index (χ1) is 6.74. The van der Waals surface area contributed by atoms with Gasteiger partial charge in [0.2, 0.25) is 5.91 Å². The molecule has 0 aromatic heterocycles. The second kappa shape index (κ2) is 5.22. The quantitative estimate of drug-likeness (QED) is 0.726. The lowest BCUT2D eigenvalue weighted by atomic mass is 10.0. The number of amides is 1. The van der Waals surface area contributed by atoms with Gasteiger partial charge in [-0.1, -0.05) is 43.7 Å². The number of hydrogen-bond acceptors (Lipinski definition) is 1. The molecule has 1 aromatic rings. The number of nitrogens with two attached hydrogens (primary N) is 1. The zero-order chi connectivity index (χ0) is 10.4. The molecule has 14 heavy (non-hydrogen) atoms. The van der Waals surface area contributed by atoms with Crippen molar-refractivity contribution in [1.82, 2.24) is 0 Å². The summed E-state index contributed by atoms with van der Waals surface area (Å²) >= 11 is 0. The van der Waals surface area contributed by atoms with E-state index in [1.165, 1.54) is 6.08 Å². The summed E-state index contributed by atoms with van der Waals surface area (Å²) in [5.74, 6) is -0.377. The summed E-state index contributed by atoms with van der Waals surface area (Å²) in [7, 11) is 0. The monoisotopic (exact) mass is 189 g/mol. The van der Waals surface area contributed by atoms with Gasteiger partial charge in [-0.15, -0.1) is 0 Å². The van der Waals surface area contributed by atoms with E-state index >= 15 is 0 Å². The molecule has 1 rings (SSSR count). The topological polar surface area (TPSA) is 43.1 Å². The second-order valence-electron chi connectivity index (χ2n) is 3.19. The predicted molar refractivity (Wildman–Crippen MR) is 58.5 cm³/mol. The molecule has 0 heterocycles. The Hall–Kier alpha value is -1.57. The van der Waals surface area contributed by atoms with Gasteiger partial charge in [-0.05, 0) is 17.6 Å². The van der Waals surface area contributed by atoms with Crippen LogP contribution in [0.3, 0.4) is 0 Å². The lowest BCUT2D eigenvalue weighted by Gasteiger charge is -2.04. The van der Waals surface area contributed by atoms with E-state index in [0.29, 0.717) is 0 Å². The van der Waals surface area contributed by atoms with Crippen LogP contribution in [-0.4, -0.2) is 5.91 Å². The van der Waals surface area contributed by atoms with Gasteiger partial charge in [-0.3, -0.25) is 4.79 Å². The molecule has 0 saturated carbocycles. The first-order valence-electron chi connectivity index (χ1n) is 4.79. The maximum absolute atomic E-state index is 10.8. The Bertz CT molecular complexity index is 327. The second-order valence-corrected chi connectivity index (χ2v) is 3.19. The van der Waals surface area contributed by atoms with Gasteiger partial charge in [-0.25, -0.2) is 0 Å². The zero-order valence-electron chi connectivity index (χ0n) is 8.36. The first-order valence-corrected chi connectivity index (χ1v) is 4.79. The van der Waals surface area contributed by atoms with E-state index in [-0.39, 0.29) is 5.91 Å². The smallest absolute Gasteiger partial charge is 0.241 e. The van der Waals surface area contributed by atoms with Crippen molar-refractivity contribution in [3.8, 4) is 0 Å². The fourth-order valence-corrected chi connectivity index (χ4v) is 1.39. The van der Waals surface area contributed by atoms with Gasteiger partial charge < -0.3 is 5.73 Å². The third-order valence-corrected chi connectivity index (χ3v) is 1.98. The fraction of sp³-hybridized carbons (Fsp3) is 0.250. The van der Waals surface area contributed by atoms with E-state index in [4.69, 9.17) is 5.73 Å². The number of primary amides is 1. The Morgan fingerprint density at radius 3 is 2.50 bits per heavy atom. The molecule has 0 aliphatic rings. The molecule has 2 heteroatoms. The molecule has 0 spiro atoms. The Kier molecular flexibility index (Phi) is 3.92. The number of allylic oxidation sites excluding steroid dienone is 1. The van der Waals surface area contributed by atoms with Gasteiger partial charge in [0, 0.05) is 6.08 Å². The van der Waals surface area contributed by atoms with Crippen LogP contribution in [0.4, 0.5) is 0 Å². The maximum Gasteiger partial charge on any atom is 0.241 e. The van der Waals surface area contributed by atoms with Gasteiger partial charge in [0.15, 0.2) is 0 Å². The summed E-state index contributed by atoms with van der Waals surface area (Å²) in [6.45, 7) is 2.08. The molecule has 0 aliphatic heterocycles. The van der Waals surface area contributed by atoms with Gasteiger partial charge in [0.1, 0.15) is 0 Å². The lowest BCUT2D eigenvalue weighted by molar-refractivity contribution is -0.113. The molecule has 0 aliphatic carbocycles. The fourth-order valence-electron chi connectivity index (χ4n) is 1.39. The highest BCUT2D eigenvalue weighted by atomic mass is 16.1. The minimum Gasteiger partial charge on any atom is -0.366 e. The van der Waals surface area contributed by atoms with Crippen LogP contribution in [0, 0.1) is 0 Å². The van der Waals surface area contributed by atoms with Crippen molar-refractivity contribution in [1.29, 1.82) is 0 Å². The van der Waals surface area contributed by atoms with Crippen molar-refractivity contribution in [2.75, 3.05) is 0 Å². The Morgan fingerprint density at radius 1 is 1.36 bits per heavy atom. The molecule has 2 nitrogen and oxygen atoms in total. The molecule has 1 amide bonds. The third kappa shape index (κ3) is 3.05. The third-order valence-electron chi connectivity index (χ3n) is 1.98. The van der Waals surface area contributed by atoms with Gasteiger partial charge in [0.25, 0.3) is 0 Å². The van der Waals surface area contributed by atoms with Crippen LogP contribution < -0.4 is 5.73 Å². The molecule has 0 bridgehead atoms. The standard InChI is InChI=1S/C12H15NO/c1-2-6-11(9-12(13)14)10-7-4-3-5-8-10/h3-5,7-9H,2,6H2,1H3,(H2,13,14)/b11-9-. The van der Waals surface area contributed by atoms with E-state index in [9.17, 15) is 4.79 Å². The molecule has 1 aromatic carbocycles. The first kappa shape index (κ1) is 10.5. The lowest BCUT2D eigenvalue weighted by Crippen LogP contribution is -2.07. The Labute approximate surface area is 84.4 Å². The molecule has 2 N–H and O–H groups in total. The van der Waals surface area contributed by atoms with E-state index in [0.717, 1.165) is 24.0 Å². The number of carbonyl (C=O) groups is 1. The molecule has 74 valence electrons. The van der Waals surface area contributed by atoms with Crippen LogP contribution in [-0.2, 0) is 4.79 Å². The van der Waals surface area contributed by atoms with Crippen LogP contribution in [0.5, 0.6) is 0 Å². The summed E-state index contributed by atoms with van der Waals surface area (Å²) < 4.78 is 0. The van der Waals surface area contributed by atoms with Crippen molar-refractivity contribution in [2.45, 2.75) is 19.8 Å². The average Bonchev–Trinajstić information content (AvgIpc) is 2.18. The number of rotatable bonds is 4. The van der Waals surface area contributed by atoms with Crippen LogP contribution in [0.25, 0.3) is 5.57 Å². The minimum absolute atomic E-state index is 0.377. The molecule has 0 unspecified atom stereocenters.